The van der Waals surface area contributed by atoms with Crippen LogP contribution < -0.4 is 5.73 Å². The first-order valence-corrected chi connectivity index (χ1v) is 8.10. The molecule has 0 aliphatic heterocycles. The third-order valence-corrected chi connectivity index (χ3v) is 4.95. The van der Waals surface area contributed by atoms with Gasteiger partial charge in [0, 0.05) is 32.6 Å². The highest BCUT2D eigenvalue weighted by molar-refractivity contribution is 5.75. The van der Waals surface area contributed by atoms with E-state index in [2.05, 4.69) is 18.7 Å². The van der Waals surface area contributed by atoms with Crippen LogP contribution in [-0.4, -0.2) is 55.0 Å². The Bertz CT molecular complexity index is 296. The minimum absolute atomic E-state index is 0.183. The Hall–Kier alpha value is -0.610. The molecule has 0 unspecified atom stereocenters. The van der Waals surface area contributed by atoms with Gasteiger partial charge in [0.05, 0.1) is 0 Å². The Morgan fingerprint density at radius 3 is 2.35 bits per heavy atom. The second kappa shape index (κ2) is 7.99. The van der Waals surface area contributed by atoms with Gasteiger partial charge in [-0.1, -0.05) is 13.8 Å². The molecule has 0 heterocycles. The van der Waals surface area contributed by atoms with Crippen molar-refractivity contribution < 1.29 is 4.79 Å². The Kier molecular flexibility index (Phi) is 6.96. The normalized spacial score (nSPS) is 26.8. The fourth-order valence-corrected chi connectivity index (χ4v) is 3.32. The van der Waals surface area contributed by atoms with Crippen molar-refractivity contribution in [1.82, 2.24) is 9.80 Å². The second-order valence-electron chi connectivity index (χ2n) is 6.58. The summed E-state index contributed by atoms with van der Waals surface area (Å²) >= 11 is 0. The SMILES string of the molecule is CCN(CCCC(=O)N(C)C)C1(CN)CCC(C)CC1. The van der Waals surface area contributed by atoms with Gasteiger partial charge in [0.25, 0.3) is 0 Å². The third-order valence-electron chi connectivity index (χ3n) is 4.95. The summed E-state index contributed by atoms with van der Waals surface area (Å²) in [6, 6.07) is 0. The number of nitrogens with zero attached hydrogens (tertiary/aromatic N) is 2. The Morgan fingerprint density at radius 1 is 1.30 bits per heavy atom. The molecule has 4 heteroatoms. The summed E-state index contributed by atoms with van der Waals surface area (Å²) < 4.78 is 0. The highest BCUT2D eigenvalue weighted by Gasteiger charge is 2.37. The number of rotatable bonds is 7. The van der Waals surface area contributed by atoms with E-state index in [0.717, 1.165) is 32.0 Å². The van der Waals surface area contributed by atoms with Crippen LogP contribution in [0.1, 0.15) is 52.4 Å². The van der Waals surface area contributed by atoms with E-state index in [-0.39, 0.29) is 11.4 Å². The van der Waals surface area contributed by atoms with Crippen molar-refractivity contribution in [3.05, 3.63) is 0 Å². The molecule has 0 radical (unpaired) electrons. The Morgan fingerprint density at radius 2 is 1.90 bits per heavy atom. The molecule has 20 heavy (non-hydrogen) atoms. The fraction of sp³-hybridized carbons (Fsp3) is 0.938. The monoisotopic (exact) mass is 283 g/mol. The van der Waals surface area contributed by atoms with Gasteiger partial charge in [-0.15, -0.1) is 0 Å². The molecule has 0 bridgehead atoms. The van der Waals surface area contributed by atoms with Gasteiger partial charge in [0.2, 0.25) is 5.91 Å². The predicted octanol–water partition coefficient (Wildman–Crippen LogP) is 2.08. The molecule has 0 spiro atoms. The molecule has 0 aromatic carbocycles. The molecule has 0 aromatic heterocycles. The molecule has 0 aromatic rings. The summed E-state index contributed by atoms with van der Waals surface area (Å²) in [6.07, 6.45) is 6.55. The first kappa shape index (κ1) is 17.4. The quantitative estimate of drug-likeness (QED) is 0.778. The molecule has 1 rings (SSSR count). The molecule has 1 amide bonds. The minimum atomic E-state index is 0.183. The number of likely N-dealkylation sites (N-methyl/N-ethyl adjacent to an activating group) is 1. The summed E-state index contributed by atoms with van der Waals surface area (Å²) in [5.74, 6) is 1.06. The lowest BCUT2D eigenvalue weighted by atomic mass is 9.76. The van der Waals surface area contributed by atoms with E-state index in [4.69, 9.17) is 5.73 Å². The van der Waals surface area contributed by atoms with Crippen molar-refractivity contribution >= 4 is 5.91 Å². The molecule has 2 N–H and O–H groups in total. The number of nitrogens with two attached hydrogens (primary N) is 1. The molecule has 0 saturated heterocycles. The number of carbonyl (C=O) groups excluding carboxylic acids is 1. The topological polar surface area (TPSA) is 49.6 Å². The van der Waals surface area contributed by atoms with Gasteiger partial charge in [-0.25, -0.2) is 0 Å². The predicted molar refractivity (Wildman–Crippen MR) is 84.6 cm³/mol. The Labute approximate surface area is 124 Å². The maximum Gasteiger partial charge on any atom is 0.222 e. The molecule has 1 aliphatic carbocycles. The van der Waals surface area contributed by atoms with Crippen molar-refractivity contribution in [3.8, 4) is 0 Å². The zero-order valence-electron chi connectivity index (χ0n) is 13.8. The highest BCUT2D eigenvalue weighted by atomic mass is 16.2. The van der Waals surface area contributed by atoms with E-state index < -0.39 is 0 Å². The van der Waals surface area contributed by atoms with E-state index in [0.29, 0.717) is 6.42 Å². The molecule has 1 fully saturated rings. The second-order valence-corrected chi connectivity index (χ2v) is 6.58. The van der Waals surface area contributed by atoms with Crippen LogP contribution in [0.15, 0.2) is 0 Å². The van der Waals surface area contributed by atoms with Gasteiger partial charge in [-0.05, 0) is 51.1 Å². The van der Waals surface area contributed by atoms with Crippen molar-refractivity contribution in [3.63, 3.8) is 0 Å². The van der Waals surface area contributed by atoms with Crippen LogP contribution in [0.2, 0.25) is 0 Å². The van der Waals surface area contributed by atoms with Gasteiger partial charge in [-0.3, -0.25) is 9.69 Å². The molecule has 0 atom stereocenters. The standard InChI is InChI=1S/C16H33N3O/c1-5-19(12-6-7-15(20)18(3)4)16(13-17)10-8-14(2)9-11-16/h14H,5-13,17H2,1-4H3. The molecule has 1 saturated carbocycles. The van der Waals surface area contributed by atoms with Crippen molar-refractivity contribution in [2.45, 2.75) is 57.9 Å². The maximum absolute atomic E-state index is 11.7. The van der Waals surface area contributed by atoms with Crippen LogP contribution in [0.25, 0.3) is 0 Å². The average molecular weight is 283 g/mol. The minimum Gasteiger partial charge on any atom is -0.349 e. The lowest BCUT2D eigenvalue weighted by Crippen LogP contribution is -2.55. The van der Waals surface area contributed by atoms with Gasteiger partial charge in [0.15, 0.2) is 0 Å². The van der Waals surface area contributed by atoms with Crippen LogP contribution in [0.5, 0.6) is 0 Å². The van der Waals surface area contributed by atoms with Crippen molar-refractivity contribution in [2.24, 2.45) is 11.7 Å². The molecular formula is C16H33N3O. The molecular weight excluding hydrogens is 250 g/mol. The summed E-state index contributed by atoms with van der Waals surface area (Å²) in [6.45, 7) is 7.31. The number of carbonyl (C=O) groups is 1. The van der Waals surface area contributed by atoms with Crippen LogP contribution in [-0.2, 0) is 4.79 Å². The third kappa shape index (κ3) is 4.45. The lowest BCUT2D eigenvalue weighted by molar-refractivity contribution is -0.128. The number of hydrogen-bond donors (Lipinski definition) is 1. The van der Waals surface area contributed by atoms with Crippen LogP contribution in [0, 0.1) is 5.92 Å². The number of amides is 1. The van der Waals surface area contributed by atoms with Gasteiger partial charge in [0.1, 0.15) is 0 Å². The average Bonchev–Trinajstić information content (AvgIpc) is 2.45. The van der Waals surface area contributed by atoms with E-state index in [1.54, 1.807) is 4.90 Å². The van der Waals surface area contributed by atoms with Crippen LogP contribution in [0.4, 0.5) is 0 Å². The van der Waals surface area contributed by atoms with E-state index in [1.165, 1.54) is 25.7 Å². The lowest BCUT2D eigenvalue weighted by Gasteiger charge is -2.47. The largest absolute Gasteiger partial charge is 0.349 e. The van der Waals surface area contributed by atoms with E-state index in [9.17, 15) is 4.79 Å². The fourth-order valence-electron chi connectivity index (χ4n) is 3.32. The zero-order chi connectivity index (χ0) is 15.2. The summed E-state index contributed by atoms with van der Waals surface area (Å²) in [5.41, 5.74) is 6.31. The first-order valence-electron chi connectivity index (χ1n) is 8.10. The van der Waals surface area contributed by atoms with E-state index >= 15 is 0 Å². The number of hydrogen-bond acceptors (Lipinski definition) is 3. The molecule has 1 aliphatic rings. The smallest absolute Gasteiger partial charge is 0.222 e. The van der Waals surface area contributed by atoms with Crippen LogP contribution in [0.3, 0.4) is 0 Å². The highest BCUT2D eigenvalue weighted by Crippen LogP contribution is 2.35. The van der Waals surface area contributed by atoms with E-state index in [1.807, 2.05) is 14.1 Å². The van der Waals surface area contributed by atoms with Crippen molar-refractivity contribution in [2.75, 3.05) is 33.7 Å². The van der Waals surface area contributed by atoms with Gasteiger partial charge in [-0.2, -0.15) is 0 Å². The summed E-state index contributed by atoms with van der Waals surface area (Å²) in [5, 5.41) is 0. The van der Waals surface area contributed by atoms with Gasteiger partial charge < -0.3 is 10.6 Å². The zero-order valence-corrected chi connectivity index (χ0v) is 13.8. The van der Waals surface area contributed by atoms with Crippen molar-refractivity contribution in [1.29, 1.82) is 0 Å². The molecule has 4 nitrogen and oxygen atoms in total. The summed E-state index contributed by atoms with van der Waals surface area (Å²) in [7, 11) is 3.65. The van der Waals surface area contributed by atoms with Gasteiger partial charge >= 0.3 is 0 Å². The maximum atomic E-state index is 11.7. The molecule has 118 valence electrons. The summed E-state index contributed by atoms with van der Waals surface area (Å²) in [4.78, 5) is 15.9. The van der Waals surface area contributed by atoms with Crippen LogP contribution >= 0.6 is 0 Å². The Balaban J connectivity index is 2.53. The first-order chi connectivity index (χ1) is 9.45.